The van der Waals surface area contributed by atoms with E-state index in [0.29, 0.717) is 5.92 Å². The summed E-state index contributed by atoms with van der Waals surface area (Å²) in [6.07, 6.45) is 9.71. The lowest BCUT2D eigenvalue weighted by molar-refractivity contribution is 0.342. The molecular formula is C17H28N2O. The lowest BCUT2D eigenvalue weighted by atomic mass is 9.87. The van der Waals surface area contributed by atoms with Crippen molar-refractivity contribution in [1.82, 2.24) is 10.3 Å². The van der Waals surface area contributed by atoms with E-state index >= 15 is 0 Å². The van der Waals surface area contributed by atoms with E-state index in [9.17, 15) is 0 Å². The Labute approximate surface area is 122 Å². The van der Waals surface area contributed by atoms with Gasteiger partial charge in [0.15, 0.2) is 5.89 Å². The topological polar surface area (TPSA) is 38.1 Å². The maximum absolute atomic E-state index is 6.01. The zero-order chi connectivity index (χ0) is 13.9. The molecule has 0 amide bonds. The van der Waals surface area contributed by atoms with Gasteiger partial charge in [0.05, 0.1) is 6.20 Å². The summed E-state index contributed by atoms with van der Waals surface area (Å²) in [5.74, 6) is 5.36. The Kier molecular flexibility index (Phi) is 4.45. The molecule has 3 unspecified atom stereocenters. The Hall–Kier alpha value is -0.830. The second kappa shape index (κ2) is 6.30. The van der Waals surface area contributed by atoms with Crippen LogP contribution in [0, 0.1) is 17.8 Å². The minimum absolute atomic E-state index is 0.675. The maximum atomic E-state index is 6.01. The van der Waals surface area contributed by atoms with Crippen molar-refractivity contribution >= 4 is 0 Å². The van der Waals surface area contributed by atoms with E-state index < -0.39 is 0 Å². The molecule has 0 spiro atoms. The van der Waals surface area contributed by atoms with Gasteiger partial charge in [0.2, 0.25) is 0 Å². The second-order valence-electron chi connectivity index (χ2n) is 7.14. The molecule has 3 atom stereocenters. The first-order chi connectivity index (χ1) is 9.72. The minimum atomic E-state index is 0.675. The summed E-state index contributed by atoms with van der Waals surface area (Å²) in [6.45, 7) is 6.64. The first-order valence-electron chi connectivity index (χ1n) is 8.37. The summed E-state index contributed by atoms with van der Waals surface area (Å²) in [7, 11) is 0. The maximum Gasteiger partial charge on any atom is 0.194 e. The van der Waals surface area contributed by atoms with Gasteiger partial charge in [0.1, 0.15) is 5.76 Å². The second-order valence-corrected chi connectivity index (χ2v) is 7.14. The summed E-state index contributed by atoms with van der Waals surface area (Å²) < 4.78 is 6.01. The molecule has 2 fully saturated rings. The number of nitrogens with one attached hydrogen (secondary N) is 1. The van der Waals surface area contributed by atoms with Gasteiger partial charge in [-0.15, -0.1) is 0 Å². The van der Waals surface area contributed by atoms with Gasteiger partial charge >= 0.3 is 0 Å². The molecule has 112 valence electrons. The van der Waals surface area contributed by atoms with E-state index in [1.54, 1.807) is 0 Å². The van der Waals surface area contributed by atoms with Crippen molar-refractivity contribution in [3.05, 3.63) is 17.8 Å². The predicted molar refractivity (Wildman–Crippen MR) is 80.7 cm³/mol. The molecule has 3 rings (SSSR count). The molecule has 20 heavy (non-hydrogen) atoms. The average molecular weight is 276 g/mol. The van der Waals surface area contributed by atoms with Crippen molar-refractivity contribution in [1.29, 1.82) is 0 Å². The van der Waals surface area contributed by atoms with Crippen molar-refractivity contribution in [2.24, 2.45) is 17.8 Å². The molecule has 1 heterocycles. The predicted octanol–water partition coefficient (Wildman–Crippen LogP) is 3.76. The minimum Gasteiger partial charge on any atom is -0.445 e. The molecular weight excluding hydrogens is 248 g/mol. The fourth-order valence-corrected chi connectivity index (χ4v) is 3.96. The molecule has 0 aliphatic heterocycles. The highest BCUT2D eigenvalue weighted by atomic mass is 16.4. The lowest BCUT2D eigenvalue weighted by Gasteiger charge is -2.18. The Bertz CT molecular complexity index is 426. The quantitative estimate of drug-likeness (QED) is 0.771. The Balaban J connectivity index is 1.43. The van der Waals surface area contributed by atoms with Crippen molar-refractivity contribution in [2.75, 3.05) is 13.1 Å². The van der Waals surface area contributed by atoms with Crippen LogP contribution in [0.5, 0.6) is 0 Å². The highest BCUT2D eigenvalue weighted by Crippen LogP contribution is 2.52. The fraction of sp³-hybridized carbons (Fsp3) is 0.824. The molecule has 1 aromatic rings. The molecule has 1 N–H and O–H groups in total. The van der Waals surface area contributed by atoms with Gasteiger partial charge in [0, 0.05) is 12.3 Å². The molecule has 0 radical (unpaired) electrons. The van der Waals surface area contributed by atoms with E-state index in [0.717, 1.165) is 49.6 Å². The standard InChI is InChI=1S/C17H28N2O/c1-12(2)10-18-7-3-4-17-19-11-16(20-17)15-9-13-5-6-14(15)8-13/h11-15,18H,3-10H2,1-2H3. The van der Waals surface area contributed by atoms with E-state index in [1.807, 2.05) is 6.20 Å². The summed E-state index contributed by atoms with van der Waals surface area (Å²) >= 11 is 0. The van der Waals surface area contributed by atoms with Crippen molar-refractivity contribution < 1.29 is 4.42 Å². The van der Waals surface area contributed by atoms with Crippen LogP contribution in [0.1, 0.15) is 63.5 Å². The third-order valence-corrected chi connectivity index (χ3v) is 4.97. The Morgan fingerprint density at radius 2 is 2.25 bits per heavy atom. The largest absolute Gasteiger partial charge is 0.445 e. The Morgan fingerprint density at radius 3 is 2.95 bits per heavy atom. The summed E-state index contributed by atoms with van der Waals surface area (Å²) in [6, 6.07) is 0. The van der Waals surface area contributed by atoms with Crippen molar-refractivity contribution in [3.63, 3.8) is 0 Å². The average Bonchev–Trinajstić information content (AvgIpc) is 3.13. The van der Waals surface area contributed by atoms with Crippen LogP contribution in [0.4, 0.5) is 0 Å². The van der Waals surface area contributed by atoms with Crippen LogP contribution in [0.25, 0.3) is 0 Å². The van der Waals surface area contributed by atoms with E-state index in [-0.39, 0.29) is 0 Å². The SMILES string of the molecule is CC(C)CNCCCc1ncc(C2CC3CCC2C3)o1. The third kappa shape index (κ3) is 3.25. The fourth-order valence-electron chi connectivity index (χ4n) is 3.96. The number of nitrogens with zero attached hydrogens (tertiary/aromatic N) is 1. The molecule has 3 nitrogen and oxygen atoms in total. The van der Waals surface area contributed by atoms with Gasteiger partial charge in [-0.3, -0.25) is 0 Å². The molecule has 2 saturated carbocycles. The van der Waals surface area contributed by atoms with Crippen LogP contribution in [0.2, 0.25) is 0 Å². The normalized spacial score (nSPS) is 28.6. The van der Waals surface area contributed by atoms with E-state index in [1.165, 1.54) is 31.4 Å². The molecule has 3 heteroatoms. The van der Waals surface area contributed by atoms with Gasteiger partial charge < -0.3 is 9.73 Å². The molecule has 2 bridgehead atoms. The van der Waals surface area contributed by atoms with Crippen LogP contribution in [-0.4, -0.2) is 18.1 Å². The highest BCUT2D eigenvalue weighted by molar-refractivity contribution is 5.10. The van der Waals surface area contributed by atoms with Gasteiger partial charge in [-0.05, 0) is 56.5 Å². The first-order valence-corrected chi connectivity index (χ1v) is 8.37. The van der Waals surface area contributed by atoms with Crippen LogP contribution >= 0.6 is 0 Å². The number of aryl methyl sites for hydroxylation is 1. The van der Waals surface area contributed by atoms with Crippen molar-refractivity contribution in [2.45, 2.75) is 58.3 Å². The number of hydrogen-bond donors (Lipinski definition) is 1. The molecule has 2 aliphatic rings. The molecule has 2 aliphatic carbocycles. The number of hydrogen-bond acceptors (Lipinski definition) is 3. The van der Waals surface area contributed by atoms with Gasteiger partial charge in [-0.25, -0.2) is 4.98 Å². The molecule has 0 aromatic carbocycles. The highest BCUT2D eigenvalue weighted by Gasteiger charge is 2.41. The van der Waals surface area contributed by atoms with Gasteiger partial charge in [-0.1, -0.05) is 20.3 Å². The molecule has 0 saturated heterocycles. The lowest BCUT2D eigenvalue weighted by Crippen LogP contribution is -2.21. The van der Waals surface area contributed by atoms with Crippen molar-refractivity contribution in [3.8, 4) is 0 Å². The summed E-state index contributed by atoms with van der Waals surface area (Å²) in [5, 5.41) is 3.47. The van der Waals surface area contributed by atoms with E-state index in [2.05, 4.69) is 24.1 Å². The molecule has 1 aromatic heterocycles. The smallest absolute Gasteiger partial charge is 0.194 e. The van der Waals surface area contributed by atoms with Crippen LogP contribution in [0.3, 0.4) is 0 Å². The number of aromatic nitrogens is 1. The Morgan fingerprint density at radius 1 is 1.35 bits per heavy atom. The number of oxazole rings is 1. The first kappa shape index (κ1) is 14.1. The van der Waals surface area contributed by atoms with Gasteiger partial charge in [-0.2, -0.15) is 0 Å². The van der Waals surface area contributed by atoms with Crippen LogP contribution in [-0.2, 0) is 6.42 Å². The summed E-state index contributed by atoms with van der Waals surface area (Å²) in [4.78, 5) is 4.48. The number of rotatable bonds is 7. The van der Waals surface area contributed by atoms with E-state index in [4.69, 9.17) is 4.42 Å². The van der Waals surface area contributed by atoms with Crippen LogP contribution in [0.15, 0.2) is 10.6 Å². The van der Waals surface area contributed by atoms with Gasteiger partial charge in [0.25, 0.3) is 0 Å². The van der Waals surface area contributed by atoms with Crippen LogP contribution < -0.4 is 5.32 Å². The summed E-state index contributed by atoms with van der Waals surface area (Å²) in [5.41, 5.74) is 0. The monoisotopic (exact) mass is 276 g/mol. The third-order valence-electron chi connectivity index (χ3n) is 4.97. The number of fused-ring (bicyclic) bond motifs is 2. The zero-order valence-electron chi connectivity index (χ0n) is 12.9. The zero-order valence-corrected chi connectivity index (χ0v) is 12.9.